The first-order valence-electron chi connectivity index (χ1n) is 6.32. The predicted octanol–water partition coefficient (Wildman–Crippen LogP) is 1.04. The molecular weight excluding hydrogens is 300 g/mol. The number of nitrogens with one attached hydrogen (secondary N) is 1. The van der Waals surface area contributed by atoms with Gasteiger partial charge < -0.3 is 9.84 Å². The molecule has 118 valence electrons. The van der Waals surface area contributed by atoms with E-state index in [2.05, 4.69) is 4.72 Å². The maximum atomic E-state index is 12.0. The van der Waals surface area contributed by atoms with Crippen LogP contribution in [0.25, 0.3) is 0 Å². The van der Waals surface area contributed by atoms with Crippen molar-refractivity contribution in [2.75, 3.05) is 13.7 Å². The Morgan fingerprint density at radius 1 is 1.48 bits per heavy atom. The molecule has 0 aliphatic heterocycles. The van der Waals surface area contributed by atoms with Crippen LogP contribution >= 0.6 is 0 Å². The number of ether oxygens (including phenoxy) is 1. The van der Waals surface area contributed by atoms with Crippen molar-refractivity contribution < 1.29 is 23.2 Å². The third kappa shape index (κ3) is 4.66. The Hall–Kier alpha value is -1.71. The Bertz CT molecular complexity index is 602. The van der Waals surface area contributed by atoms with E-state index in [9.17, 15) is 23.6 Å². The van der Waals surface area contributed by atoms with E-state index in [1.165, 1.54) is 19.2 Å². The Morgan fingerprint density at radius 2 is 2.14 bits per heavy atom. The molecule has 8 nitrogen and oxygen atoms in total. The summed E-state index contributed by atoms with van der Waals surface area (Å²) in [5.74, 6) is -0.0136. The molecule has 0 bridgehead atoms. The van der Waals surface area contributed by atoms with Crippen LogP contribution in [0.4, 0.5) is 5.69 Å². The summed E-state index contributed by atoms with van der Waals surface area (Å²) in [6.07, 6.45) is 0.210. The number of aliphatic hydroxyl groups is 1. The summed E-state index contributed by atoms with van der Waals surface area (Å²) in [5.41, 5.74) is -0.422. The van der Waals surface area contributed by atoms with E-state index in [0.29, 0.717) is 6.42 Å². The second-order valence-electron chi connectivity index (χ2n) is 4.34. The lowest BCUT2D eigenvalue weighted by molar-refractivity contribution is -0.386. The minimum atomic E-state index is -3.87. The van der Waals surface area contributed by atoms with E-state index in [1.807, 2.05) is 0 Å². The van der Waals surface area contributed by atoms with Gasteiger partial charge in [0.2, 0.25) is 10.0 Å². The molecule has 0 amide bonds. The number of nitro benzene ring substituents is 1. The average molecular weight is 318 g/mol. The van der Waals surface area contributed by atoms with E-state index in [0.717, 1.165) is 6.07 Å². The number of methoxy groups -OCH3 is 1. The fourth-order valence-corrected chi connectivity index (χ4v) is 2.69. The zero-order chi connectivity index (χ0) is 16.0. The summed E-state index contributed by atoms with van der Waals surface area (Å²) in [4.78, 5) is 9.95. The molecule has 0 aromatic heterocycles. The van der Waals surface area contributed by atoms with Crippen LogP contribution in [0.3, 0.4) is 0 Å². The minimum Gasteiger partial charge on any atom is -0.490 e. The van der Waals surface area contributed by atoms with Crippen LogP contribution in [0.2, 0.25) is 0 Å². The maximum Gasteiger partial charge on any atom is 0.312 e. The monoisotopic (exact) mass is 318 g/mol. The molecule has 1 aromatic carbocycles. The van der Waals surface area contributed by atoms with Crippen molar-refractivity contribution in [1.82, 2.24) is 4.72 Å². The van der Waals surface area contributed by atoms with Crippen LogP contribution in [0.1, 0.15) is 19.8 Å². The van der Waals surface area contributed by atoms with Gasteiger partial charge >= 0.3 is 5.69 Å². The summed E-state index contributed by atoms with van der Waals surface area (Å²) in [6, 6.07) is 3.40. The molecule has 0 aliphatic carbocycles. The molecule has 0 saturated heterocycles. The highest BCUT2D eigenvalue weighted by molar-refractivity contribution is 7.89. The number of benzene rings is 1. The largest absolute Gasteiger partial charge is 0.490 e. The summed E-state index contributed by atoms with van der Waals surface area (Å²) in [5, 5.41) is 20.2. The number of rotatable bonds is 8. The highest BCUT2D eigenvalue weighted by Crippen LogP contribution is 2.29. The van der Waals surface area contributed by atoms with Gasteiger partial charge in [0.05, 0.1) is 23.0 Å². The van der Waals surface area contributed by atoms with Gasteiger partial charge in [-0.05, 0) is 25.0 Å². The van der Waals surface area contributed by atoms with Gasteiger partial charge in [-0.15, -0.1) is 0 Å². The average Bonchev–Trinajstić information content (AvgIpc) is 2.45. The van der Waals surface area contributed by atoms with E-state index in [4.69, 9.17) is 4.74 Å². The predicted molar refractivity (Wildman–Crippen MR) is 75.8 cm³/mol. The zero-order valence-electron chi connectivity index (χ0n) is 11.8. The first-order chi connectivity index (χ1) is 9.81. The van der Waals surface area contributed by atoms with Crippen LogP contribution in [0.5, 0.6) is 5.75 Å². The van der Waals surface area contributed by atoms with Crippen LogP contribution in [-0.2, 0) is 10.0 Å². The molecule has 1 rings (SSSR count). The second-order valence-corrected chi connectivity index (χ2v) is 6.11. The van der Waals surface area contributed by atoms with E-state index in [-0.39, 0.29) is 23.6 Å². The third-order valence-corrected chi connectivity index (χ3v) is 4.36. The molecule has 0 radical (unpaired) electrons. The van der Waals surface area contributed by atoms with Gasteiger partial charge in [0.1, 0.15) is 0 Å². The molecule has 1 aromatic rings. The SMILES string of the molecule is CCC(O)CCNS(=O)(=O)c1ccc(OC)c([N+](=O)[O-])c1. The number of hydrogen-bond donors (Lipinski definition) is 2. The van der Waals surface area contributed by atoms with Gasteiger partial charge in [-0.2, -0.15) is 0 Å². The minimum absolute atomic E-state index is 0.0136. The summed E-state index contributed by atoms with van der Waals surface area (Å²) >= 11 is 0. The lowest BCUT2D eigenvalue weighted by Gasteiger charge is -2.10. The fourth-order valence-electron chi connectivity index (χ4n) is 1.63. The Labute approximate surface area is 122 Å². The summed E-state index contributed by atoms with van der Waals surface area (Å²) < 4.78 is 31.1. The molecule has 9 heteroatoms. The molecule has 0 fully saturated rings. The molecule has 0 heterocycles. The van der Waals surface area contributed by atoms with Gasteiger partial charge in [0, 0.05) is 12.6 Å². The van der Waals surface area contributed by atoms with Crippen molar-refractivity contribution in [3.05, 3.63) is 28.3 Å². The fraction of sp³-hybridized carbons (Fsp3) is 0.500. The zero-order valence-corrected chi connectivity index (χ0v) is 12.6. The normalized spacial score (nSPS) is 12.9. The third-order valence-electron chi connectivity index (χ3n) is 2.90. The van der Waals surface area contributed by atoms with Gasteiger partial charge in [-0.3, -0.25) is 10.1 Å². The smallest absolute Gasteiger partial charge is 0.312 e. The number of aliphatic hydroxyl groups excluding tert-OH is 1. The highest BCUT2D eigenvalue weighted by Gasteiger charge is 2.21. The van der Waals surface area contributed by atoms with Crippen molar-refractivity contribution >= 4 is 15.7 Å². The van der Waals surface area contributed by atoms with Crippen molar-refractivity contribution in [2.24, 2.45) is 0 Å². The van der Waals surface area contributed by atoms with Crippen molar-refractivity contribution in [2.45, 2.75) is 30.8 Å². The Kier molecular flexibility index (Phi) is 6.06. The summed E-state index contributed by atoms with van der Waals surface area (Å²) in [6.45, 7) is 1.84. The van der Waals surface area contributed by atoms with E-state index in [1.54, 1.807) is 6.92 Å². The molecular formula is C12H18N2O6S. The topological polar surface area (TPSA) is 119 Å². The van der Waals surface area contributed by atoms with Crippen LogP contribution < -0.4 is 9.46 Å². The van der Waals surface area contributed by atoms with Crippen LogP contribution in [0.15, 0.2) is 23.1 Å². The van der Waals surface area contributed by atoms with Gasteiger partial charge in [-0.25, -0.2) is 13.1 Å². The quantitative estimate of drug-likeness (QED) is 0.546. The number of nitro groups is 1. The standard InChI is InChI=1S/C12H18N2O6S/c1-3-9(15)6-7-13-21(18,19)10-4-5-12(20-2)11(8-10)14(16)17/h4-5,8-9,13,15H,3,6-7H2,1-2H3. The first kappa shape index (κ1) is 17.3. The number of hydrogen-bond acceptors (Lipinski definition) is 6. The molecule has 2 N–H and O–H groups in total. The number of nitrogens with zero attached hydrogens (tertiary/aromatic N) is 1. The molecule has 0 spiro atoms. The molecule has 21 heavy (non-hydrogen) atoms. The maximum absolute atomic E-state index is 12.0. The van der Waals surface area contributed by atoms with Gasteiger partial charge in [0.25, 0.3) is 0 Å². The van der Waals surface area contributed by atoms with Crippen molar-refractivity contribution in [1.29, 1.82) is 0 Å². The molecule has 0 saturated carbocycles. The Morgan fingerprint density at radius 3 is 2.67 bits per heavy atom. The number of sulfonamides is 1. The first-order valence-corrected chi connectivity index (χ1v) is 7.80. The molecule has 1 atom stereocenters. The molecule has 0 aliphatic rings. The molecule has 1 unspecified atom stereocenters. The Balaban J connectivity index is 2.93. The van der Waals surface area contributed by atoms with Gasteiger partial charge in [0.15, 0.2) is 5.75 Å². The van der Waals surface area contributed by atoms with Crippen molar-refractivity contribution in [3.63, 3.8) is 0 Å². The van der Waals surface area contributed by atoms with Gasteiger partial charge in [-0.1, -0.05) is 6.92 Å². The van der Waals surface area contributed by atoms with E-state index < -0.39 is 26.7 Å². The van der Waals surface area contributed by atoms with Crippen LogP contribution in [-0.4, -0.2) is 38.2 Å². The summed E-state index contributed by atoms with van der Waals surface area (Å²) in [7, 11) is -2.60. The lowest BCUT2D eigenvalue weighted by atomic mass is 10.2. The van der Waals surface area contributed by atoms with Crippen molar-refractivity contribution in [3.8, 4) is 5.75 Å². The lowest BCUT2D eigenvalue weighted by Crippen LogP contribution is -2.27. The van der Waals surface area contributed by atoms with E-state index >= 15 is 0 Å². The highest BCUT2D eigenvalue weighted by atomic mass is 32.2. The van der Waals surface area contributed by atoms with Crippen LogP contribution in [0, 0.1) is 10.1 Å². The second kappa shape index (κ2) is 7.34.